The Morgan fingerprint density at radius 2 is 1.31 bits per heavy atom. The molecule has 0 bridgehead atoms. The Kier molecular flexibility index (Phi) is 8.60. The number of aryl methyl sites for hydroxylation is 1. The second kappa shape index (κ2) is 11.8. The first-order chi connectivity index (χ1) is 15.8. The Labute approximate surface area is 195 Å². The van der Waals surface area contributed by atoms with Gasteiger partial charge in [-0.2, -0.15) is 0 Å². The molecule has 0 N–H and O–H groups in total. The topological polar surface area (TPSA) is 0 Å². The van der Waals surface area contributed by atoms with Gasteiger partial charge in [-0.1, -0.05) is 73.5 Å². The maximum atomic E-state index is 12.5. The molecule has 2 aromatic rings. The van der Waals surface area contributed by atoms with Crippen LogP contribution >= 0.6 is 0 Å². The summed E-state index contributed by atoms with van der Waals surface area (Å²) >= 11 is 0. The van der Waals surface area contributed by atoms with Gasteiger partial charge in [0.2, 0.25) is 0 Å². The lowest BCUT2D eigenvalue weighted by molar-refractivity contribution is 0.157. The predicted octanol–water partition coefficient (Wildman–Crippen LogP) is 9.30. The minimum absolute atomic E-state index is 0.283. The van der Waals surface area contributed by atoms with Crippen molar-refractivity contribution >= 4 is 0 Å². The van der Waals surface area contributed by atoms with Crippen molar-refractivity contribution in [3.8, 4) is 11.1 Å². The van der Waals surface area contributed by atoms with E-state index in [1.807, 2.05) is 0 Å². The van der Waals surface area contributed by atoms with E-state index < -0.39 is 0 Å². The summed E-state index contributed by atoms with van der Waals surface area (Å²) in [6.45, 7) is 1.85. The van der Waals surface area contributed by atoms with E-state index in [-0.39, 0.29) is 6.67 Å². The van der Waals surface area contributed by atoms with Gasteiger partial charge in [-0.3, -0.25) is 4.39 Å². The Hall–Kier alpha value is -1.89. The van der Waals surface area contributed by atoms with Crippen molar-refractivity contribution in [3.63, 3.8) is 0 Å². The zero-order chi connectivity index (χ0) is 22.2. The molecule has 2 aromatic carbocycles. The second-order valence-electron chi connectivity index (χ2n) is 10.3. The van der Waals surface area contributed by atoms with E-state index in [1.165, 1.54) is 80.9 Å². The van der Waals surface area contributed by atoms with Crippen molar-refractivity contribution < 1.29 is 4.39 Å². The van der Waals surface area contributed by atoms with Crippen LogP contribution in [0.3, 0.4) is 0 Å². The van der Waals surface area contributed by atoms with Gasteiger partial charge in [0, 0.05) is 6.42 Å². The highest BCUT2D eigenvalue weighted by Gasteiger charge is 2.31. The SMILES string of the molecule is C/C=C/CCC1CCC(C2CCC(c3ccc(-c4ccc(CCF)cc4)cc3)CC2)CC1. The fourth-order valence-corrected chi connectivity index (χ4v) is 6.29. The molecule has 2 aliphatic carbocycles. The van der Waals surface area contributed by atoms with Crippen LogP contribution in [0, 0.1) is 17.8 Å². The average molecular weight is 433 g/mol. The van der Waals surface area contributed by atoms with E-state index in [9.17, 15) is 4.39 Å². The predicted molar refractivity (Wildman–Crippen MR) is 136 cm³/mol. The number of halogens is 1. The Morgan fingerprint density at radius 3 is 1.88 bits per heavy atom. The standard InChI is InChI=1S/C31H41F/c1-2-3-4-5-24-6-10-26(11-7-24)28-14-18-30(19-15-28)31-20-16-29(17-21-31)27-12-8-25(9-13-27)22-23-32/h2-3,8-9,12-13,16-17,20-21,24,26,28,30H,4-7,10-11,14-15,18-19,22-23H2,1H3/b3-2+. The first-order valence-electron chi connectivity index (χ1n) is 13.1. The molecule has 0 amide bonds. The molecule has 0 aromatic heterocycles. The summed E-state index contributed by atoms with van der Waals surface area (Å²) in [6.07, 6.45) is 19.2. The summed E-state index contributed by atoms with van der Waals surface area (Å²) in [5.74, 6) is 3.70. The van der Waals surface area contributed by atoms with Crippen molar-refractivity contribution in [2.75, 3.05) is 6.67 Å². The molecule has 0 heterocycles. The van der Waals surface area contributed by atoms with Crippen LogP contribution in [0.2, 0.25) is 0 Å². The van der Waals surface area contributed by atoms with Gasteiger partial charge in [-0.25, -0.2) is 0 Å². The molecule has 0 radical (unpaired) electrons. The fraction of sp³-hybridized carbons (Fsp3) is 0.548. The summed E-state index contributed by atoms with van der Waals surface area (Å²) in [5, 5.41) is 0. The molecule has 2 saturated carbocycles. The third kappa shape index (κ3) is 6.12. The van der Waals surface area contributed by atoms with E-state index in [4.69, 9.17) is 0 Å². The van der Waals surface area contributed by atoms with Crippen LogP contribution in [-0.4, -0.2) is 6.67 Å². The lowest BCUT2D eigenvalue weighted by atomic mass is 9.68. The van der Waals surface area contributed by atoms with Gasteiger partial charge in [0.15, 0.2) is 0 Å². The first-order valence-corrected chi connectivity index (χ1v) is 13.1. The first kappa shape index (κ1) is 23.3. The Bertz CT molecular complexity index is 816. The van der Waals surface area contributed by atoms with Gasteiger partial charge in [0.1, 0.15) is 0 Å². The van der Waals surface area contributed by atoms with Crippen LogP contribution in [0.15, 0.2) is 60.7 Å². The zero-order valence-corrected chi connectivity index (χ0v) is 19.9. The van der Waals surface area contributed by atoms with E-state index in [0.717, 1.165) is 29.2 Å². The highest BCUT2D eigenvalue weighted by molar-refractivity contribution is 5.64. The van der Waals surface area contributed by atoms with E-state index in [2.05, 4.69) is 67.6 Å². The molecule has 0 spiro atoms. The molecule has 0 aliphatic heterocycles. The maximum Gasteiger partial charge on any atom is 0.0934 e. The second-order valence-corrected chi connectivity index (χ2v) is 10.3. The van der Waals surface area contributed by atoms with Crippen LogP contribution in [0.5, 0.6) is 0 Å². The molecule has 2 aliphatic rings. The summed E-state index contributed by atoms with van der Waals surface area (Å²) in [7, 11) is 0. The van der Waals surface area contributed by atoms with E-state index in [1.54, 1.807) is 0 Å². The molecule has 0 saturated heterocycles. The number of allylic oxidation sites excluding steroid dienone is 2. The van der Waals surface area contributed by atoms with E-state index in [0.29, 0.717) is 6.42 Å². The molecule has 4 rings (SSSR count). The third-order valence-electron chi connectivity index (χ3n) is 8.36. The normalized spacial score (nSPS) is 26.4. The van der Waals surface area contributed by atoms with Gasteiger partial charge in [0.25, 0.3) is 0 Å². The van der Waals surface area contributed by atoms with Gasteiger partial charge in [-0.15, -0.1) is 0 Å². The number of hydrogen-bond acceptors (Lipinski definition) is 0. The Morgan fingerprint density at radius 1 is 0.750 bits per heavy atom. The summed E-state index contributed by atoms with van der Waals surface area (Å²) in [6, 6.07) is 17.6. The largest absolute Gasteiger partial charge is 0.251 e. The van der Waals surface area contributed by atoms with Gasteiger partial charge < -0.3 is 0 Å². The molecule has 0 unspecified atom stereocenters. The minimum Gasteiger partial charge on any atom is -0.251 e. The van der Waals surface area contributed by atoms with Crippen LogP contribution < -0.4 is 0 Å². The number of rotatable bonds is 8. The third-order valence-corrected chi connectivity index (χ3v) is 8.36. The molecule has 0 nitrogen and oxygen atoms in total. The smallest absolute Gasteiger partial charge is 0.0934 e. The maximum absolute atomic E-state index is 12.5. The van der Waals surface area contributed by atoms with E-state index >= 15 is 0 Å². The number of benzene rings is 2. The van der Waals surface area contributed by atoms with Crippen LogP contribution in [0.25, 0.3) is 11.1 Å². The van der Waals surface area contributed by atoms with Crippen LogP contribution in [0.4, 0.5) is 4.39 Å². The molecule has 32 heavy (non-hydrogen) atoms. The molecule has 0 atom stereocenters. The van der Waals surface area contributed by atoms with Crippen molar-refractivity contribution in [3.05, 3.63) is 71.8 Å². The fourth-order valence-electron chi connectivity index (χ4n) is 6.29. The number of alkyl halides is 1. The van der Waals surface area contributed by atoms with Crippen molar-refractivity contribution in [1.82, 2.24) is 0 Å². The summed E-state index contributed by atoms with van der Waals surface area (Å²) < 4.78 is 12.5. The molecular formula is C31H41F. The summed E-state index contributed by atoms with van der Waals surface area (Å²) in [4.78, 5) is 0. The van der Waals surface area contributed by atoms with Crippen LogP contribution in [0.1, 0.15) is 88.2 Å². The van der Waals surface area contributed by atoms with Gasteiger partial charge >= 0.3 is 0 Å². The average Bonchev–Trinajstić information content (AvgIpc) is 2.86. The van der Waals surface area contributed by atoms with Crippen molar-refractivity contribution in [2.24, 2.45) is 17.8 Å². The molecule has 2 fully saturated rings. The number of hydrogen-bond donors (Lipinski definition) is 0. The lowest BCUT2D eigenvalue weighted by Gasteiger charge is -2.38. The summed E-state index contributed by atoms with van der Waals surface area (Å²) in [5.41, 5.74) is 5.09. The highest BCUT2D eigenvalue weighted by atomic mass is 19.1. The van der Waals surface area contributed by atoms with Gasteiger partial charge in [0.05, 0.1) is 6.67 Å². The molecule has 1 heteroatoms. The van der Waals surface area contributed by atoms with Crippen molar-refractivity contribution in [1.29, 1.82) is 0 Å². The van der Waals surface area contributed by atoms with Gasteiger partial charge in [-0.05, 0) is 104 Å². The molecule has 172 valence electrons. The highest BCUT2D eigenvalue weighted by Crippen LogP contribution is 2.44. The quantitative estimate of drug-likeness (QED) is 0.364. The zero-order valence-electron chi connectivity index (χ0n) is 19.9. The van der Waals surface area contributed by atoms with Crippen LogP contribution in [-0.2, 0) is 6.42 Å². The minimum atomic E-state index is -0.283. The Balaban J connectivity index is 1.25. The monoisotopic (exact) mass is 432 g/mol. The molecular weight excluding hydrogens is 391 g/mol. The van der Waals surface area contributed by atoms with Crippen molar-refractivity contribution in [2.45, 2.75) is 83.5 Å². The lowest BCUT2D eigenvalue weighted by Crippen LogP contribution is -2.25.